The molecule has 1 aliphatic carbocycles. The quantitative estimate of drug-likeness (QED) is 0.743. The first-order chi connectivity index (χ1) is 6.76. The summed E-state index contributed by atoms with van der Waals surface area (Å²) >= 11 is 0. The van der Waals surface area contributed by atoms with Crippen molar-refractivity contribution in [3.05, 3.63) is 0 Å². The van der Waals surface area contributed by atoms with E-state index >= 15 is 0 Å². The zero-order valence-corrected chi connectivity index (χ0v) is 8.06. The molecule has 1 aliphatic rings. The van der Waals surface area contributed by atoms with Gasteiger partial charge >= 0.3 is 0 Å². The Bertz CT molecular complexity index is 358. The molecule has 1 aromatic rings. The van der Waals surface area contributed by atoms with Gasteiger partial charge in [-0.1, -0.05) is 5.10 Å². The smallest absolute Gasteiger partial charge is 0.242 e. The summed E-state index contributed by atoms with van der Waals surface area (Å²) in [5, 5.41) is 22.8. The predicted octanol–water partition coefficient (Wildman–Crippen LogP) is 0.316. The minimum Gasteiger partial charge on any atom is -0.352 e. The number of aromatic nitrogens is 4. The van der Waals surface area contributed by atoms with Crippen LogP contribution in [0.3, 0.4) is 0 Å². The van der Waals surface area contributed by atoms with Crippen molar-refractivity contribution in [3.63, 3.8) is 0 Å². The molecule has 6 heteroatoms. The predicted molar refractivity (Wildman–Crippen MR) is 49.2 cm³/mol. The third-order valence-electron chi connectivity index (χ3n) is 2.65. The van der Waals surface area contributed by atoms with Crippen LogP contribution in [0.5, 0.6) is 0 Å². The van der Waals surface area contributed by atoms with E-state index < -0.39 is 0 Å². The Labute approximate surface area is 81.9 Å². The molecule has 74 valence electrons. The highest BCUT2D eigenvalue weighted by atomic mass is 15.6. The van der Waals surface area contributed by atoms with Crippen LogP contribution >= 0.6 is 0 Å². The van der Waals surface area contributed by atoms with Gasteiger partial charge in [-0.05, 0) is 23.3 Å². The summed E-state index contributed by atoms with van der Waals surface area (Å²) in [5.74, 6) is 0.661. The largest absolute Gasteiger partial charge is 0.352 e. The van der Waals surface area contributed by atoms with Gasteiger partial charge in [0.15, 0.2) is 0 Å². The number of nitrogens with one attached hydrogen (secondary N) is 1. The monoisotopic (exact) mass is 192 g/mol. The molecule has 14 heavy (non-hydrogen) atoms. The second-order valence-corrected chi connectivity index (χ2v) is 3.81. The molecule has 0 unspecified atom stereocenters. The standard InChI is InChI=1S/C8H12N6/c1-14-7(11-12-13-14)10-6-8(2-3-8)4-5-9/h2-4,6H2,1H3,(H,10,11,13). The van der Waals surface area contributed by atoms with Gasteiger partial charge in [-0.25, -0.2) is 4.68 Å². The SMILES string of the molecule is Cn1nnnc1NCC1(CC#N)CC1. The van der Waals surface area contributed by atoms with E-state index in [0.717, 1.165) is 19.4 Å². The molecule has 0 atom stereocenters. The van der Waals surface area contributed by atoms with Gasteiger partial charge < -0.3 is 5.32 Å². The third kappa shape index (κ3) is 1.66. The third-order valence-corrected chi connectivity index (χ3v) is 2.65. The number of nitrogens with zero attached hydrogens (tertiary/aromatic N) is 5. The minimum absolute atomic E-state index is 0.181. The zero-order valence-electron chi connectivity index (χ0n) is 8.06. The fourth-order valence-electron chi connectivity index (χ4n) is 1.41. The molecular weight excluding hydrogens is 180 g/mol. The van der Waals surface area contributed by atoms with Gasteiger partial charge in [0.1, 0.15) is 0 Å². The highest BCUT2D eigenvalue weighted by Gasteiger charge is 2.42. The van der Waals surface area contributed by atoms with E-state index in [0.29, 0.717) is 12.4 Å². The van der Waals surface area contributed by atoms with Crippen LogP contribution in [0.4, 0.5) is 5.95 Å². The van der Waals surface area contributed by atoms with Crippen molar-refractivity contribution in [1.29, 1.82) is 5.26 Å². The van der Waals surface area contributed by atoms with E-state index in [4.69, 9.17) is 5.26 Å². The Balaban J connectivity index is 1.89. The lowest BCUT2D eigenvalue weighted by Crippen LogP contribution is -2.17. The molecule has 0 radical (unpaired) electrons. The fourth-order valence-corrected chi connectivity index (χ4v) is 1.41. The highest BCUT2D eigenvalue weighted by Crippen LogP contribution is 2.48. The van der Waals surface area contributed by atoms with Crippen molar-refractivity contribution in [1.82, 2.24) is 20.2 Å². The van der Waals surface area contributed by atoms with E-state index in [-0.39, 0.29) is 5.41 Å². The van der Waals surface area contributed by atoms with E-state index in [1.807, 2.05) is 0 Å². The van der Waals surface area contributed by atoms with Crippen LogP contribution in [0.1, 0.15) is 19.3 Å². The lowest BCUT2D eigenvalue weighted by Gasteiger charge is -2.11. The molecule has 1 heterocycles. The van der Waals surface area contributed by atoms with Gasteiger partial charge in [-0.2, -0.15) is 5.26 Å². The number of nitriles is 1. The van der Waals surface area contributed by atoms with E-state index in [1.54, 1.807) is 11.7 Å². The van der Waals surface area contributed by atoms with Gasteiger partial charge in [0.2, 0.25) is 5.95 Å². The van der Waals surface area contributed by atoms with Crippen molar-refractivity contribution >= 4 is 5.95 Å². The summed E-state index contributed by atoms with van der Waals surface area (Å²) in [6.07, 6.45) is 2.86. The number of tetrazole rings is 1. The first kappa shape index (κ1) is 8.94. The Hall–Kier alpha value is -1.64. The molecule has 0 aromatic carbocycles. The van der Waals surface area contributed by atoms with Crippen LogP contribution in [-0.2, 0) is 7.05 Å². The second kappa shape index (κ2) is 3.25. The van der Waals surface area contributed by atoms with Crippen molar-refractivity contribution in [2.75, 3.05) is 11.9 Å². The van der Waals surface area contributed by atoms with Crippen molar-refractivity contribution in [3.8, 4) is 6.07 Å². The summed E-state index contributed by atoms with van der Waals surface area (Å²) in [4.78, 5) is 0. The molecule has 2 rings (SSSR count). The maximum Gasteiger partial charge on any atom is 0.242 e. The topological polar surface area (TPSA) is 79.4 Å². The van der Waals surface area contributed by atoms with Crippen LogP contribution in [0.25, 0.3) is 0 Å². The van der Waals surface area contributed by atoms with Crippen molar-refractivity contribution < 1.29 is 0 Å². The molecule has 1 N–H and O–H groups in total. The number of hydrogen-bond donors (Lipinski definition) is 1. The van der Waals surface area contributed by atoms with Gasteiger partial charge in [-0.3, -0.25) is 0 Å². The minimum atomic E-state index is 0.181. The first-order valence-corrected chi connectivity index (χ1v) is 4.59. The summed E-state index contributed by atoms with van der Waals surface area (Å²) < 4.78 is 1.59. The average Bonchev–Trinajstić information content (AvgIpc) is 2.81. The highest BCUT2D eigenvalue weighted by molar-refractivity contribution is 5.23. The molecule has 1 aromatic heterocycles. The Morgan fingerprint density at radius 1 is 1.64 bits per heavy atom. The summed E-state index contributed by atoms with van der Waals surface area (Å²) in [5.41, 5.74) is 0.181. The maximum absolute atomic E-state index is 8.63. The van der Waals surface area contributed by atoms with Crippen LogP contribution in [-0.4, -0.2) is 26.8 Å². The number of hydrogen-bond acceptors (Lipinski definition) is 5. The molecule has 0 bridgehead atoms. The fraction of sp³-hybridized carbons (Fsp3) is 0.750. The number of rotatable bonds is 4. The van der Waals surface area contributed by atoms with Gasteiger partial charge in [0, 0.05) is 25.4 Å². The second-order valence-electron chi connectivity index (χ2n) is 3.81. The molecule has 0 spiro atoms. The molecule has 0 amide bonds. The lowest BCUT2D eigenvalue weighted by molar-refractivity contribution is 0.552. The first-order valence-electron chi connectivity index (χ1n) is 4.59. The summed E-state index contributed by atoms with van der Waals surface area (Å²) in [6, 6.07) is 2.22. The summed E-state index contributed by atoms with van der Waals surface area (Å²) in [6.45, 7) is 0.786. The van der Waals surface area contributed by atoms with Crippen molar-refractivity contribution in [2.45, 2.75) is 19.3 Å². The van der Waals surface area contributed by atoms with E-state index in [2.05, 4.69) is 26.9 Å². The van der Waals surface area contributed by atoms with Crippen LogP contribution in [0.2, 0.25) is 0 Å². The molecule has 6 nitrogen and oxygen atoms in total. The summed E-state index contributed by atoms with van der Waals surface area (Å²) in [7, 11) is 1.78. The van der Waals surface area contributed by atoms with Gasteiger partial charge in [-0.15, -0.1) is 0 Å². The molecule has 0 aliphatic heterocycles. The van der Waals surface area contributed by atoms with E-state index in [1.165, 1.54) is 0 Å². The average molecular weight is 192 g/mol. The van der Waals surface area contributed by atoms with E-state index in [9.17, 15) is 0 Å². The van der Waals surface area contributed by atoms with Crippen molar-refractivity contribution in [2.24, 2.45) is 12.5 Å². The van der Waals surface area contributed by atoms with Crippen LogP contribution in [0, 0.1) is 16.7 Å². The molecule has 1 fully saturated rings. The molecular formula is C8H12N6. The number of anilines is 1. The maximum atomic E-state index is 8.63. The molecule has 1 saturated carbocycles. The Morgan fingerprint density at radius 2 is 2.43 bits per heavy atom. The zero-order chi connectivity index (χ0) is 10.0. The number of aryl methyl sites for hydroxylation is 1. The molecule has 0 saturated heterocycles. The normalized spacial score (nSPS) is 17.4. The van der Waals surface area contributed by atoms with Gasteiger partial charge in [0.05, 0.1) is 6.07 Å². The Morgan fingerprint density at radius 3 is 2.93 bits per heavy atom. The Kier molecular flexibility index (Phi) is 2.08. The van der Waals surface area contributed by atoms with Crippen LogP contribution < -0.4 is 5.32 Å². The lowest BCUT2D eigenvalue weighted by atomic mass is 10.0. The van der Waals surface area contributed by atoms with Crippen LogP contribution in [0.15, 0.2) is 0 Å². The van der Waals surface area contributed by atoms with Gasteiger partial charge in [0.25, 0.3) is 0 Å².